The normalized spacial score (nSPS) is 18.2. The van der Waals surface area contributed by atoms with Crippen LogP contribution in [0.1, 0.15) is 40.9 Å². The predicted molar refractivity (Wildman–Crippen MR) is 75.5 cm³/mol. The summed E-state index contributed by atoms with van der Waals surface area (Å²) in [6.07, 6.45) is 4.44. The molecular weight excluding hydrogens is 260 g/mol. The number of amides is 2. The third kappa shape index (κ3) is 3.15. The van der Waals surface area contributed by atoms with E-state index in [4.69, 9.17) is 0 Å². The number of carbonyl (C=O) groups is 2. The summed E-state index contributed by atoms with van der Waals surface area (Å²) in [7, 11) is 0. The van der Waals surface area contributed by atoms with E-state index in [0.717, 1.165) is 30.0 Å². The van der Waals surface area contributed by atoms with Crippen LogP contribution in [-0.4, -0.2) is 18.4 Å². The zero-order valence-electron chi connectivity index (χ0n) is 11.0. The SMILES string of the molecule is Cc1cc(NC(=O)C2CC2)sc1C(=O)NCC1CC1. The average molecular weight is 278 g/mol. The van der Waals surface area contributed by atoms with Gasteiger partial charge < -0.3 is 10.6 Å². The van der Waals surface area contributed by atoms with E-state index in [1.54, 1.807) is 0 Å². The van der Waals surface area contributed by atoms with E-state index in [9.17, 15) is 9.59 Å². The van der Waals surface area contributed by atoms with Gasteiger partial charge in [-0.15, -0.1) is 11.3 Å². The predicted octanol–water partition coefficient (Wildman–Crippen LogP) is 2.54. The van der Waals surface area contributed by atoms with Gasteiger partial charge in [-0.3, -0.25) is 9.59 Å². The molecule has 2 aliphatic rings. The highest BCUT2D eigenvalue weighted by Crippen LogP contribution is 2.33. The van der Waals surface area contributed by atoms with Crippen LogP contribution >= 0.6 is 11.3 Å². The van der Waals surface area contributed by atoms with Gasteiger partial charge in [0.05, 0.1) is 9.88 Å². The molecule has 2 amide bonds. The molecule has 1 aromatic heterocycles. The first kappa shape index (κ1) is 12.7. The van der Waals surface area contributed by atoms with Gasteiger partial charge in [0.1, 0.15) is 0 Å². The number of nitrogens with one attached hydrogen (secondary N) is 2. The fraction of sp³-hybridized carbons (Fsp3) is 0.571. The van der Waals surface area contributed by atoms with Crippen molar-refractivity contribution in [2.24, 2.45) is 11.8 Å². The molecule has 4 nitrogen and oxygen atoms in total. The maximum atomic E-state index is 12.0. The third-order valence-corrected chi connectivity index (χ3v) is 4.72. The van der Waals surface area contributed by atoms with Crippen LogP contribution in [0.25, 0.3) is 0 Å². The summed E-state index contributed by atoms with van der Waals surface area (Å²) >= 11 is 1.37. The second kappa shape index (κ2) is 4.96. The summed E-state index contributed by atoms with van der Waals surface area (Å²) in [4.78, 5) is 24.4. The molecule has 0 bridgehead atoms. The molecule has 102 valence electrons. The van der Waals surface area contributed by atoms with Gasteiger partial charge in [-0.25, -0.2) is 0 Å². The van der Waals surface area contributed by atoms with E-state index in [-0.39, 0.29) is 17.7 Å². The first-order valence-electron chi connectivity index (χ1n) is 6.83. The average Bonchev–Trinajstić information content (AvgIpc) is 3.26. The Morgan fingerprint density at radius 3 is 2.68 bits per heavy atom. The van der Waals surface area contributed by atoms with E-state index in [0.29, 0.717) is 10.8 Å². The van der Waals surface area contributed by atoms with E-state index in [1.165, 1.54) is 24.2 Å². The van der Waals surface area contributed by atoms with Crippen molar-refractivity contribution in [1.29, 1.82) is 0 Å². The van der Waals surface area contributed by atoms with Crippen molar-refractivity contribution in [1.82, 2.24) is 5.32 Å². The standard InChI is InChI=1S/C14H18N2O2S/c1-8-6-11(16-13(17)10-4-5-10)19-12(8)14(18)15-7-9-2-3-9/h6,9-10H,2-5,7H2,1H3,(H,15,18)(H,16,17). The number of rotatable bonds is 5. The van der Waals surface area contributed by atoms with Crippen molar-refractivity contribution in [3.63, 3.8) is 0 Å². The van der Waals surface area contributed by atoms with Gasteiger partial charge in [-0.05, 0) is 50.2 Å². The van der Waals surface area contributed by atoms with Crippen LogP contribution in [0.15, 0.2) is 6.07 Å². The van der Waals surface area contributed by atoms with Crippen LogP contribution in [-0.2, 0) is 4.79 Å². The largest absolute Gasteiger partial charge is 0.351 e. The van der Waals surface area contributed by atoms with Crippen LogP contribution in [0.2, 0.25) is 0 Å². The van der Waals surface area contributed by atoms with Crippen molar-refractivity contribution in [3.8, 4) is 0 Å². The summed E-state index contributed by atoms with van der Waals surface area (Å²) in [6, 6.07) is 1.89. The highest BCUT2D eigenvalue weighted by molar-refractivity contribution is 7.18. The van der Waals surface area contributed by atoms with Gasteiger partial charge >= 0.3 is 0 Å². The summed E-state index contributed by atoms with van der Waals surface area (Å²) in [5, 5.41) is 6.64. The maximum Gasteiger partial charge on any atom is 0.261 e. The van der Waals surface area contributed by atoms with E-state index in [2.05, 4.69) is 10.6 Å². The molecule has 1 aromatic rings. The second-order valence-electron chi connectivity index (χ2n) is 5.54. The van der Waals surface area contributed by atoms with Crippen molar-refractivity contribution >= 4 is 28.2 Å². The van der Waals surface area contributed by atoms with Gasteiger partial charge in [0.25, 0.3) is 5.91 Å². The Kier molecular flexibility index (Phi) is 3.31. The Bertz CT molecular complexity index is 516. The maximum absolute atomic E-state index is 12.0. The Morgan fingerprint density at radius 2 is 2.05 bits per heavy atom. The van der Waals surface area contributed by atoms with Crippen LogP contribution in [0.4, 0.5) is 5.00 Å². The molecule has 5 heteroatoms. The number of anilines is 1. The van der Waals surface area contributed by atoms with Crippen LogP contribution in [0.5, 0.6) is 0 Å². The van der Waals surface area contributed by atoms with Gasteiger partial charge in [0.2, 0.25) is 5.91 Å². The summed E-state index contributed by atoms with van der Waals surface area (Å²) in [6.45, 7) is 2.69. The van der Waals surface area contributed by atoms with Gasteiger partial charge in [0, 0.05) is 12.5 Å². The number of hydrogen-bond donors (Lipinski definition) is 2. The molecule has 3 rings (SSSR count). The molecule has 2 aliphatic carbocycles. The fourth-order valence-electron chi connectivity index (χ4n) is 1.98. The van der Waals surface area contributed by atoms with Crippen LogP contribution < -0.4 is 10.6 Å². The molecule has 0 atom stereocenters. The molecular formula is C14H18N2O2S. The highest BCUT2D eigenvalue weighted by atomic mass is 32.1. The molecule has 2 saturated carbocycles. The Labute approximate surface area is 116 Å². The van der Waals surface area contributed by atoms with Crippen LogP contribution in [0.3, 0.4) is 0 Å². The third-order valence-electron chi connectivity index (χ3n) is 3.57. The lowest BCUT2D eigenvalue weighted by Crippen LogP contribution is -2.25. The Morgan fingerprint density at radius 1 is 1.32 bits per heavy atom. The molecule has 0 aliphatic heterocycles. The highest BCUT2D eigenvalue weighted by Gasteiger charge is 2.30. The van der Waals surface area contributed by atoms with E-state index >= 15 is 0 Å². The minimum absolute atomic E-state index is 0.0127. The lowest BCUT2D eigenvalue weighted by atomic mass is 10.2. The van der Waals surface area contributed by atoms with E-state index in [1.807, 2.05) is 13.0 Å². The quantitative estimate of drug-likeness (QED) is 0.869. The minimum Gasteiger partial charge on any atom is -0.351 e. The minimum atomic E-state index is -0.0127. The number of hydrogen-bond acceptors (Lipinski definition) is 3. The number of aryl methyl sites for hydroxylation is 1. The molecule has 1 heterocycles. The second-order valence-corrected chi connectivity index (χ2v) is 6.59. The molecule has 0 spiro atoms. The number of thiophene rings is 1. The number of carbonyl (C=O) groups excluding carboxylic acids is 2. The molecule has 19 heavy (non-hydrogen) atoms. The Balaban J connectivity index is 1.61. The first-order valence-corrected chi connectivity index (χ1v) is 7.64. The molecule has 0 radical (unpaired) electrons. The zero-order chi connectivity index (χ0) is 13.4. The Hall–Kier alpha value is -1.36. The lowest BCUT2D eigenvalue weighted by molar-refractivity contribution is -0.117. The smallest absolute Gasteiger partial charge is 0.261 e. The fourth-order valence-corrected chi connectivity index (χ4v) is 2.97. The van der Waals surface area contributed by atoms with Gasteiger partial charge in [-0.2, -0.15) is 0 Å². The lowest BCUT2D eigenvalue weighted by Gasteiger charge is -2.02. The van der Waals surface area contributed by atoms with E-state index < -0.39 is 0 Å². The molecule has 2 fully saturated rings. The molecule has 0 unspecified atom stereocenters. The first-order chi connectivity index (χ1) is 9.13. The van der Waals surface area contributed by atoms with Crippen molar-refractivity contribution in [2.75, 3.05) is 11.9 Å². The molecule has 2 N–H and O–H groups in total. The summed E-state index contributed by atoms with van der Waals surface area (Å²) < 4.78 is 0. The topological polar surface area (TPSA) is 58.2 Å². The molecule has 0 aromatic carbocycles. The van der Waals surface area contributed by atoms with Crippen molar-refractivity contribution < 1.29 is 9.59 Å². The van der Waals surface area contributed by atoms with Gasteiger partial charge in [-0.1, -0.05) is 0 Å². The monoisotopic (exact) mass is 278 g/mol. The van der Waals surface area contributed by atoms with Gasteiger partial charge in [0.15, 0.2) is 0 Å². The van der Waals surface area contributed by atoms with Crippen LogP contribution in [0, 0.1) is 18.8 Å². The van der Waals surface area contributed by atoms with Crippen molar-refractivity contribution in [3.05, 3.63) is 16.5 Å². The molecule has 0 saturated heterocycles. The van der Waals surface area contributed by atoms with Crippen molar-refractivity contribution in [2.45, 2.75) is 32.6 Å². The summed E-state index contributed by atoms with van der Waals surface area (Å²) in [5.41, 5.74) is 0.935. The summed E-state index contributed by atoms with van der Waals surface area (Å²) in [5.74, 6) is 0.945. The zero-order valence-corrected chi connectivity index (χ0v) is 11.8.